The highest BCUT2D eigenvalue weighted by Crippen LogP contribution is 2.39. The molecule has 3 rings (SSSR count). The summed E-state index contributed by atoms with van der Waals surface area (Å²) in [6.45, 7) is 2.81. The molecule has 3 amide bonds. The van der Waals surface area contributed by atoms with Crippen LogP contribution in [0.15, 0.2) is 18.2 Å². The SMILES string of the molecule is Cc1ccc2nc(NC(=O)CC3(CNC(=O)[C@@H](N)CCNC=O)CCCCC3)sc2c1. The highest BCUT2D eigenvalue weighted by Gasteiger charge is 2.35. The van der Waals surface area contributed by atoms with Gasteiger partial charge in [0.1, 0.15) is 0 Å². The van der Waals surface area contributed by atoms with E-state index in [0.29, 0.717) is 37.5 Å². The Morgan fingerprint density at radius 2 is 2.06 bits per heavy atom. The number of nitrogens with two attached hydrogens (primary N) is 1. The molecule has 1 heterocycles. The largest absolute Gasteiger partial charge is 0.359 e. The molecular formula is C22H31N5O3S. The normalized spacial score (nSPS) is 16.5. The van der Waals surface area contributed by atoms with Gasteiger partial charge < -0.3 is 21.7 Å². The minimum Gasteiger partial charge on any atom is -0.359 e. The molecule has 8 nitrogen and oxygen atoms in total. The Bertz CT molecular complexity index is 923. The average molecular weight is 446 g/mol. The molecule has 0 saturated heterocycles. The van der Waals surface area contributed by atoms with Gasteiger partial charge in [0.15, 0.2) is 5.13 Å². The van der Waals surface area contributed by atoms with Crippen LogP contribution in [0.1, 0.15) is 50.5 Å². The summed E-state index contributed by atoms with van der Waals surface area (Å²) in [5, 5.41) is 9.01. The number of rotatable bonds is 10. The maximum atomic E-state index is 12.9. The number of amides is 3. The predicted octanol–water partition coefficient (Wildman–Crippen LogP) is 2.46. The van der Waals surface area contributed by atoms with E-state index in [0.717, 1.165) is 47.9 Å². The molecule has 0 radical (unpaired) electrons. The van der Waals surface area contributed by atoms with Crippen LogP contribution in [0, 0.1) is 12.3 Å². The number of benzene rings is 1. The second-order valence-corrected chi connectivity index (χ2v) is 9.49. The van der Waals surface area contributed by atoms with Gasteiger partial charge in [0.25, 0.3) is 0 Å². The number of carbonyl (C=O) groups is 3. The van der Waals surface area contributed by atoms with Crippen molar-refractivity contribution in [2.75, 3.05) is 18.4 Å². The first kappa shape index (κ1) is 23.1. The van der Waals surface area contributed by atoms with Gasteiger partial charge in [-0.1, -0.05) is 36.7 Å². The van der Waals surface area contributed by atoms with Gasteiger partial charge in [0, 0.05) is 19.5 Å². The monoisotopic (exact) mass is 445 g/mol. The molecule has 5 N–H and O–H groups in total. The minimum absolute atomic E-state index is 0.0774. The molecule has 9 heteroatoms. The second-order valence-electron chi connectivity index (χ2n) is 8.46. The fourth-order valence-electron chi connectivity index (χ4n) is 4.14. The molecule has 168 valence electrons. The summed E-state index contributed by atoms with van der Waals surface area (Å²) >= 11 is 1.47. The number of nitrogens with zero attached hydrogens (tertiary/aromatic N) is 1. The fraction of sp³-hybridized carbons (Fsp3) is 0.545. The highest BCUT2D eigenvalue weighted by atomic mass is 32.1. The molecule has 0 spiro atoms. The number of aromatic nitrogens is 1. The Morgan fingerprint density at radius 3 is 2.81 bits per heavy atom. The number of anilines is 1. The molecule has 2 aromatic rings. The van der Waals surface area contributed by atoms with E-state index in [-0.39, 0.29) is 17.2 Å². The molecule has 1 fully saturated rings. The van der Waals surface area contributed by atoms with Gasteiger partial charge in [-0.05, 0) is 49.3 Å². The van der Waals surface area contributed by atoms with Gasteiger partial charge >= 0.3 is 0 Å². The molecule has 1 aromatic carbocycles. The molecule has 0 bridgehead atoms. The zero-order valence-corrected chi connectivity index (χ0v) is 18.7. The number of hydrogen-bond acceptors (Lipinski definition) is 6. The Hall–Kier alpha value is -2.52. The van der Waals surface area contributed by atoms with E-state index in [1.807, 2.05) is 19.1 Å². The average Bonchev–Trinajstić information content (AvgIpc) is 3.13. The van der Waals surface area contributed by atoms with Crippen LogP contribution in [0.5, 0.6) is 0 Å². The summed E-state index contributed by atoms with van der Waals surface area (Å²) in [6, 6.07) is 5.35. The van der Waals surface area contributed by atoms with E-state index >= 15 is 0 Å². The van der Waals surface area contributed by atoms with E-state index in [1.165, 1.54) is 11.3 Å². The lowest BCUT2D eigenvalue weighted by atomic mass is 9.71. The molecule has 1 aromatic heterocycles. The first-order valence-electron chi connectivity index (χ1n) is 10.8. The number of nitrogens with one attached hydrogen (secondary N) is 3. The summed E-state index contributed by atoms with van der Waals surface area (Å²) < 4.78 is 1.05. The third-order valence-corrected chi connectivity index (χ3v) is 6.83. The Morgan fingerprint density at radius 1 is 1.29 bits per heavy atom. The van der Waals surface area contributed by atoms with E-state index in [9.17, 15) is 14.4 Å². The third-order valence-electron chi connectivity index (χ3n) is 5.90. The van der Waals surface area contributed by atoms with Gasteiger partial charge in [0.05, 0.1) is 16.3 Å². The molecule has 1 atom stereocenters. The zero-order valence-electron chi connectivity index (χ0n) is 17.9. The van der Waals surface area contributed by atoms with Crippen molar-refractivity contribution in [3.8, 4) is 0 Å². The second kappa shape index (κ2) is 10.7. The summed E-state index contributed by atoms with van der Waals surface area (Å²) in [5.74, 6) is -0.328. The maximum absolute atomic E-state index is 12.9. The Balaban J connectivity index is 1.59. The van der Waals surface area contributed by atoms with Crippen LogP contribution in [-0.4, -0.2) is 42.3 Å². The molecular weight excluding hydrogens is 414 g/mol. The van der Waals surface area contributed by atoms with Crippen LogP contribution < -0.4 is 21.7 Å². The Labute approximate surface area is 186 Å². The van der Waals surface area contributed by atoms with Crippen molar-refractivity contribution >= 4 is 44.9 Å². The lowest BCUT2D eigenvalue weighted by Gasteiger charge is -2.37. The van der Waals surface area contributed by atoms with Crippen molar-refractivity contribution in [2.45, 2.75) is 57.9 Å². The van der Waals surface area contributed by atoms with E-state index < -0.39 is 6.04 Å². The van der Waals surface area contributed by atoms with Gasteiger partial charge in [-0.25, -0.2) is 4.98 Å². The fourth-order valence-corrected chi connectivity index (χ4v) is 5.12. The quantitative estimate of drug-likeness (QED) is 0.330. The van der Waals surface area contributed by atoms with Crippen LogP contribution in [-0.2, 0) is 14.4 Å². The van der Waals surface area contributed by atoms with E-state index in [2.05, 4.69) is 27.0 Å². The van der Waals surface area contributed by atoms with Crippen LogP contribution >= 0.6 is 11.3 Å². The number of thiazole rings is 1. The van der Waals surface area contributed by atoms with Gasteiger partial charge in [0.2, 0.25) is 18.2 Å². The van der Waals surface area contributed by atoms with Crippen LogP contribution in [0.3, 0.4) is 0 Å². The number of aryl methyl sites for hydroxylation is 1. The third kappa shape index (κ3) is 6.48. The molecule has 0 aliphatic heterocycles. The van der Waals surface area contributed by atoms with Gasteiger partial charge in [-0.2, -0.15) is 0 Å². The van der Waals surface area contributed by atoms with Gasteiger partial charge in [-0.15, -0.1) is 0 Å². The first-order valence-corrected chi connectivity index (χ1v) is 11.6. The Kier molecular flexibility index (Phi) is 7.97. The van der Waals surface area contributed by atoms with E-state index in [1.54, 1.807) is 0 Å². The highest BCUT2D eigenvalue weighted by molar-refractivity contribution is 7.22. The summed E-state index contributed by atoms with van der Waals surface area (Å²) in [7, 11) is 0. The summed E-state index contributed by atoms with van der Waals surface area (Å²) in [4.78, 5) is 40.1. The number of carbonyl (C=O) groups excluding carboxylic acids is 3. The van der Waals surface area contributed by atoms with E-state index in [4.69, 9.17) is 5.73 Å². The molecule has 0 unspecified atom stereocenters. The summed E-state index contributed by atoms with van der Waals surface area (Å²) in [5.41, 5.74) is 7.68. The minimum atomic E-state index is -0.687. The standard InChI is InChI=1S/C22H31N5O3S/c1-15-5-6-17-18(11-15)31-21(26-17)27-19(29)12-22(8-3-2-4-9-22)13-25-20(30)16(23)7-10-24-14-28/h5-6,11,14,16H,2-4,7-10,12-13,23H2,1H3,(H,24,28)(H,25,30)(H,26,27,29)/t16-/m0/s1. The number of hydrogen-bond donors (Lipinski definition) is 4. The van der Waals surface area contributed by atoms with Crippen molar-refractivity contribution in [3.05, 3.63) is 23.8 Å². The smallest absolute Gasteiger partial charge is 0.237 e. The van der Waals surface area contributed by atoms with Crippen LogP contribution in [0.2, 0.25) is 0 Å². The predicted molar refractivity (Wildman–Crippen MR) is 123 cm³/mol. The van der Waals surface area contributed by atoms with Gasteiger partial charge in [-0.3, -0.25) is 14.4 Å². The molecule has 1 saturated carbocycles. The van der Waals surface area contributed by atoms with Crippen molar-refractivity contribution in [1.82, 2.24) is 15.6 Å². The van der Waals surface area contributed by atoms with Crippen molar-refractivity contribution < 1.29 is 14.4 Å². The number of fused-ring (bicyclic) bond motifs is 1. The molecule has 1 aliphatic carbocycles. The maximum Gasteiger partial charge on any atom is 0.237 e. The van der Waals surface area contributed by atoms with Crippen molar-refractivity contribution in [3.63, 3.8) is 0 Å². The zero-order chi connectivity index (χ0) is 22.3. The first-order chi connectivity index (χ1) is 14.9. The van der Waals surface area contributed by atoms with Crippen LogP contribution in [0.25, 0.3) is 10.2 Å². The molecule has 31 heavy (non-hydrogen) atoms. The summed E-state index contributed by atoms with van der Waals surface area (Å²) in [6.07, 6.45) is 6.30. The van der Waals surface area contributed by atoms with Crippen LogP contribution in [0.4, 0.5) is 5.13 Å². The lowest BCUT2D eigenvalue weighted by Crippen LogP contribution is -2.47. The lowest BCUT2D eigenvalue weighted by molar-refractivity contribution is -0.124. The topological polar surface area (TPSA) is 126 Å². The van der Waals surface area contributed by atoms with Crippen molar-refractivity contribution in [2.24, 2.45) is 11.1 Å². The molecule has 1 aliphatic rings. The van der Waals surface area contributed by atoms with Crippen molar-refractivity contribution in [1.29, 1.82) is 0 Å².